The molecule has 1 heterocycles. The fourth-order valence-corrected chi connectivity index (χ4v) is 2.26. The van der Waals surface area contributed by atoms with Gasteiger partial charge in [-0.15, -0.1) is 11.3 Å². The fourth-order valence-electron chi connectivity index (χ4n) is 0.993. The maximum absolute atomic E-state index is 5.84. The van der Waals surface area contributed by atoms with Crippen molar-refractivity contribution >= 4 is 46.0 Å². The number of hydrogen-bond acceptors (Lipinski definition) is 3. The molecule has 0 saturated carbocycles. The Morgan fingerprint density at radius 2 is 2.19 bits per heavy atom. The minimum absolute atomic E-state index is 0.298. The van der Waals surface area contributed by atoms with Crippen LogP contribution < -0.4 is 10.7 Å². The number of halogens is 1. The Kier molecular flexibility index (Phi) is 5.18. The van der Waals surface area contributed by atoms with Gasteiger partial charge in [0.15, 0.2) is 5.11 Å². The third-order valence-electron chi connectivity index (χ3n) is 1.67. The van der Waals surface area contributed by atoms with Crippen LogP contribution in [0.3, 0.4) is 0 Å². The first-order chi connectivity index (χ1) is 7.49. The van der Waals surface area contributed by atoms with Gasteiger partial charge >= 0.3 is 0 Å². The molecule has 2 N–H and O–H groups in total. The molecule has 1 aromatic rings. The van der Waals surface area contributed by atoms with Crippen molar-refractivity contribution in [2.24, 2.45) is 5.10 Å². The summed E-state index contributed by atoms with van der Waals surface area (Å²) in [5, 5.41) is 7.75. The molecule has 1 rings (SSSR count). The Bertz CT molecular complexity index is 399. The predicted octanol–water partition coefficient (Wildman–Crippen LogP) is 3.00. The van der Waals surface area contributed by atoms with E-state index in [2.05, 4.69) is 15.8 Å². The van der Waals surface area contributed by atoms with Gasteiger partial charge in [0.2, 0.25) is 0 Å². The lowest BCUT2D eigenvalue weighted by Crippen LogP contribution is -2.37. The van der Waals surface area contributed by atoms with Gasteiger partial charge in [0, 0.05) is 6.04 Å². The summed E-state index contributed by atoms with van der Waals surface area (Å²) in [4.78, 5) is 1.03. The van der Waals surface area contributed by atoms with Crippen LogP contribution in [0.25, 0.3) is 0 Å². The van der Waals surface area contributed by atoms with E-state index in [9.17, 15) is 0 Å². The SMILES string of the molecule is CC(=NNC(=S)NC(C)C)c1ccc(Cl)s1. The van der Waals surface area contributed by atoms with Crippen LogP contribution in [0.1, 0.15) is 25.6 Å². The quantitative estimate of drug-likeness (QED) is 0.506. The Morgan fingerprint density at radius 3 is 2.69 bits per heavy atom. The maximum Gasteiger partial charge on any atom is 0.187 e. The molecule has 0 aromatic carbocycles. The molecule has 16 heavy (non-hydrogen) atoms. The van der Waals surface area contributed by atoms with Crippen molar-refractivity contribution in [2.75, 3.05) is 0 Å². The van der Waals surface area contributed by atoms with Gasteiger partial charge in [0.25, 0.3) is 0 Å². The molecule has 3 nitrogen and oxygen atoms in total. The van der Waals surface area contributed by atoms with Gasteiger partial charge in [-0.3, -0.25) is 5.43 Å². The Hall–Kier alpha value is -0.650. The lowest BCUT2D eigenvalue weighted by Gasteiger charge is -2.10. The summed E-state index contributed by atoms with van der Waals surface area (Å²) in [7, 11) is 0. The van der Waals surface area contributed by atoms with Crippen LogP contribution in [-0.2, 0) is 0 Å². The molecule has 1 aromatic heterocycles. The van der Waals surface area contributed by atoms with E-state index in [1.165, 1.54) is 11.3 Å². The lowest BCUT2D eigenvalue weighted by atomic mass is 10.3. The molecule has 6 heteroatoms. The first-order valence-corrected chi connectivity index (χ1v) is 6.46. The second-order valence-corrected chi connectivity index (χ2v) is 5.66. The highest BCUT2D eigenvalue weighted by molar-refractivity contribution is 7.80. The van der Waals surface area contributed by atoms with Crippen LogP contribution in [0.2, 0.25) is 4.34 Å². The van der Waals surface area contributed by atoms with Gasteiger partial charge in [-0.1, -0.05) is 11.6 Å². The Labute approximate surface area is 110 Å². The second kappa shape index (κ2) is 6.18. The summed E-state index contributed by atoms with van der Waals surface area (Å²) in [5.41, 5.74) is 3.66. The molecule has 0 radical (unpaired) electrons. The average Bonchev–Trinajstić information content (AvgIpc) is 2.60. The van der Waals surface area contributed by atoms with Gasteiger partial charge in [-0.2, -0.15) is 5.10 Å². The van der Waals surface area contributed by atoms with Crippen molar-refractivity contribution in [1.82, 2.24) is 10.7 Å². The molecule has 0 spiro atoms. The molecule has 0 aliphatic carbocycles. The van der Waals surface area contributed by atoms with Crippen molar-refractivity contribution in [3.63, 3.8) is 0 Å². The van der Waals surface area contributed by atoms with E-state index in [0.717, 1.165) is 14.9 Å². The van der Waals surface area contributed by atoms with Crippen molar-refractivity contribution in [1.29, 1.82) is 0 Å². The highest BCUT2D eigenvalue weighted by Crippen LogP contribution is 2.21. The van der Waals surface area contributed by atoms with E-state index in [4.69, 9.17) is 23.8 Å². The number of thiophene rings is 1. The van der Waals surface area contributed by atoms with Crippen molar-refractivity contribution in [2.45, 2.75) is 26.8 Å². The van der Waals surface area contributed by atoms with Gasteiger partial charge in [0.1, 0.15) is 0 Å². The first-order valence-electron chi connectivity index (χ1n) is 4.85. The number of thiocarbonyl (C=S) groups is 1. The van der Waals surface area contributed by atoms with E-state index in [1.54, 1.807) is 0 Å². The number of nitrogens with zero attached hydrogens (tertiary/aromatic N) is 1. The number of rotatable bonds is 3. The monoisotopic (exact) mass is 275 g/mol. The largest absolute Gasteiger partial charge is 0.359 e. The zero-order valence-corrected chi connectivity index (χ0v) is 11.8. The number of hydrazone groups is 1. The van der Waals surface area contributed by atoms with Crippen molar-refractivity contribution < 1.29 is 0 Å². The summed E-state index contributed by atoms with van der Waals surface area (Å²) in [6.07, 6.45) is 0. The molecule has 0 unspecified atom stereocenters. The smallest absolute Gasteiger partial charge is 0.187 e. The molecule has 0 aliphatic rings. The highest BCUT2D eigenvalue weighted by Gasteiger charge is 2.02. The number of nitrogens with one attached hydrogen (secondary N) is 2. The van der Waals surface area contributed by atoms with Crippen molar-refractivity contribution in [3.05, 3.63) is 21.3 Å². The topological polar surface area (TPSA) is 36.4 Å². The second-order valence-electron chi connectivity index (χ2n) is 3.54. The summed E-state index contributed by atoms with van der Waals surface area (Å²) in [6, 6.07) is 4.09. The minimum atomic E-state index is 0.298. The third kappa shape index (κ3) is 4.47. The minimum Gasteiger partial charge on any atom is -0.359 e. The van der Waals surface area contributed by atoms with Crippen LogP contribution in [0.4, 0.5) is 0 Å². The molecule has 0 aliphatic heterocycles. The molecule has 0 fully saturated rings. The van der Waals surface area contributed by atoms with Gasteiger partial charge < -0.3 is 5.32 Å². The summed E-state index contributed by atoms with van der Waals surface area (Å²) in [5.74, 6) is 0. The Morgan fingerprint density at radius 1 is 1.50 bits per heavy atom. The third-order valence-corrected chi connectivity index (χ3v) is 3.22. The van der Waals surface area contributed by atoms with E-state index in [-0.39, 0.29) is 0 Å². The molecule has 0 amide bonds. The molecule has 0 atom stereocenters. The zero-order valence-electron chi connectivity index (χ0n) is 9.37. The van der Waals surface area contributed by atoms with Crippen LogP contribution in [0, 0.1) is 0 Å². The van der Waals surface area contributed by atoms with Gasteiger partial charge in [-0.05, 0) is 45.1 Å². The van der Waals surface area contributed by atoms with Crippen LogP contribution in [0.15, 0.2) is 17.2 Å². The highest BCUT2D eigenvalue weighted by atomic mass is 35.5. The summed E-state index contributed by atoms with van der Waals surface area (Å²) in [6.45, 7) is 5.94. The molecular weight excluding hydrogens is 262 g/mol. The lowest BCUT2D eigenvalue weighted by molar-refractivity contribution is 0.719. The van der Waals surface area contributed by atoms with Gasteiger partial charge in [-0.25, -0.2) is 0 Å². The Balaban J connectivity index is 2.54. The fraction of sp³-hybridized carbons (Fsp3) is 0.400. The predicted molar refractivity (Wildman–Crippen MR) is 75.5 cm³/mol. The normalized spacial score (nSPS) is 11.7. The van der Waals surface area contributed by atoms with Crippen LogP contribution in [-0.4, -0.2) is 16.9 Å². The van der Waals surface area contributed by atoms with Crippen LogP contribution in [0.5, 0.6) is 0 Å². The molecule has 0 saturated heterocycles. The molecular formula is C10H14ClN3S2. The number of hydrogen-bond donors (Lipinski definition) is 2. The summed E-state index contributed by atoms with van der Waals surface area (Å²) >= 11 is 12.4. The maximum atomic E-state index is 5.84. The van der Waals surface area contributed by atoms with Crippen LogP contribution >= 0.6 is 35.2 Å². The zero-order chi connectivity index (χ0) is 12.1. The molecule has 0 bridgehead atoms. The molecule has 88 valence electrons. The van der Waals surface area contributed by atoms with E-state index in [1.807, 2.05) is 32.9 Å². The van der Waals surface area contributed by atoms with E-state index >= 15 is 0 Å². The average molecular weight is 276 g/mol. The summed E-state index contributed by atoms with van der Waals surface area (Å²) < 4.78 is 0.757. The van der Waals surface area contributed by atoms with Gasteiger partial charge in [0.05, 0.1) is 14.9 Å². The van der Waals surface area contributed by atoms with Crippen molar-refractivity contribution in [3.8, 4) is 0 Å². The standard InChI is InChI=1S/C10H14ClN3S2/c1-6(2)12-10(15)14-13-7(3)8-4-5-9(11)16-8/h4-6H,1-3H3,(H2,12,14,15). The van der Waals surface area contributed by atoms with E-state index < -0.39 is 0 Å². The van der Waals surface area contributed by atoms with E-state index in [0.29, 0.717) is 11.2 Å². The first kappa shape index (κ1) is 13.4.